The van der Waals surface area contributed by atoms with Crippen LogP contribution in [0.2, 0.25) is 5.02 Å². The maximum Gasteiger partial charge on any atom is 0.140 e. The molecule has 1 saturated heterocycles. The van der Waals surface area contributed by atoms with E-state index < -0.39 is 0 Å². The number of aldehydes is 1. The molecule has 1 aliphatic heterocycles. The first-order valence-electron chi connectivity index (χ1n) is 5.49. The lowest BCUT2D eigenvalue weighted by atomic mass is 9.87. The molecule has 17 heavy (non-hydrogen) atoms. The Morgan fingerprint density at radius 3 is 2.24 bits per heavy atom. The molecule has 0 saturated carbocycles. The second-order valence-electron chi connectivity index (χ2n) is 4.68. The van der Waals surface area contributed by atoms with Gasteiger partial charge >= 0.3 is 0 Å². The third kappa shape index (κ3) is 4.11. The normalized spacial score (nSPS) is 22.7. The first kappa shape index (κ1) is 14.2. The van der Waals surface area contributed by atoms with Crippen LogP contribution in [-0.4, -0.2) is 31.0 Å². The Morgan fingerprint density at radius 1 is 1.41 bits per heavy atom. The lowest BCUT2D eigenvalue weighted by Gasteiger charge is -2.21. The van der Waals surface area contributed by atoms with Crippen molar-refractivity contribution in [2.45, 2.75) is 19.9 Å². The summed E-state index contributed by atoms with van der Waals surface area (Å²) in [6, 6.07) is 9.35. The minimum atomic E-state index is -0.0903. The number of hydroxylamine groups is 2. The van der Waals surface area contributed by atoms with Crippen LogP contribution in [0.15, 0.2) is 30.3 Å². The Morgan fingerprint density at radius 2 is 2.00 bits per heavy atom. The average Bonchev–Trinajstić information content (AvgIpc) is 2.54. The highest BCUT2D eigenvalue weighted by molar-refractivity contribution is 6.30. The minimum absolute atomic E-state index is 0.0312. The van der Waals surface area contributed by atoms with Gasteiger partial charge in [-0.1, -0.05) is 43.6 Å². The molecule has 0 aromatic heterocycles. The van der Waals surface area contributed by atoms with Crippen molar-refractivity contribution in [1.29, 1.82) is 0 Å². The largest absolute Gasteiger partial charge is 0.302 e. The van der Waals surface area contributed by atoms with Crippen LogP contribution in [0.5, 0.6) is 0 Å². The van der Waals surface area contributed by atoms with E-state index in [0.29, 0.717) is 6.61 Å². The van der Waals surface area contributed by atoms with Crippen molar-refractivity contribution < 1.29 is 9.63 Å². The number of hydrogen-bond donors (Lipinski definition) is 0. The molecular formula is C13H18ClNO2. The summed E-state index contributed by atoms with van der Waals surface area (Å²) in [6.07, 6.45) is 0.938. The Kier molecular flexibility index (Phi) is 5.12. The lowest BCUT2D eigenvalue weighted by Crippen LogP contribution is -2.35. The Bertz CT molecular complexity index is 354. The lowest BCUT2D eigenvalue weighted by molar-refractivity contribution is -0.132. The second-order valence-corrected chi connectivity index (χ2v) is 5.12. The number of hydrogen-bond acceptors (Lipinski definition) is 3. The Labute approximate surface area is 107 Å². The zero-order chi connectivity index (χ0) is 12.9. The molecule has 1 aromatic rings. The van der Waals surface area contributed by atoms with Crippen LogP contribution in [0.3, 0.4) is 0 Å². The van der Waals surface area contributed by atoms with E-state index in [1.807, 2.05) is 44.2 Å². The first-order chi connectivity index (χ1) is 7.97. The number of carbonyl (C=O) groups excluding carboxylic acids is 1. The zero-order valence-corrected chi connectivity index (χ0v) is 11.1. The smallest absolute Gasteiger partial charge is 0.140 e. The molecule has 4 heteroatoms. The molecule has 1 unspecified atom stereocenters. The molecule has 0 bridgehead atoms. The van der Waals surface area contributed by atoms with Gasteiger partial charge < -0.3 is 4.79 Å². The van der Waals surface area contributed by atoms with Crippen LogP contribution >= 0.6 is 11.6 Å². The van der Waals surface area contributed by atoms with Crippen molar-refractivity contribution >= 4 is 17.9 Å². The maximum atomic E-state index is 10.5. The van der Waals surface area contributed by atoms with Gasteiger partial charge in [0.15, 0.2) is 0 Å². The summed E-state index contributed by atoms with van der Waals surface area (Å²) >= 11 is 5.54. The van der Waals surface area contributed by atoms with Crippen LogP contribution < -0.4 is 0 Å². The Balaban J connectivity index is 0.000000181. The van der Waals surface area contributed by atoms with E-state index >= 15 is 0 Å². The summed E-state index contributed by atoms with van der Waals surface area (Å²) in [5.74, 6) is 0. The number of halogens is 1. The van der Waals surface area contributed by atoms with Gasteiger partial charge in [-0.3, -0.25) is 4.84 Å². The van der Waals surface area contributed by atoms with Crippen molar-refractivity contribution in [3.8, 4) is 0 Å². The molecule has 1 fully saturated rings. The van der Waals surface area contributed by atoms with E-state index in [1.54, 1.807) is 12.1 Å². The number of likely N-dealkylation sites (N-methyl/N-ethyl adjacent to an activating group) is 1. The standard InChI is InChI=1S/C7H13NO2.C6H5Cl/c1-7(2)5-10-8(3)6(7)4-9;7-6-4-2-1-3-5-6/h4,6H,5H2,1-3H3;1-5H. The van der Waals surface area contributed by atoms with E-state index in [2.05, 4.69) is 0 Å². The molecule has 1 atom stereocenters. The van der Waals surface area contributed by atoms with Gasteiger partial charge in [0.1, 0.15) is 6.29 Å². The summed E-state index contributed by atoms with van der Waals surface area (Å²) < 4.78 is 0. The fourth-order valence-electron chi connectivity index (χ4n) is 1.61. The molecule has 1 aliphatic rings. The quantitative estimate of drug-likeness (QED) is 0.723. The van der Waals surface area contributed by atoms with Crippen molar-refractivity contribution in [3.05, 3.63) is 35.4 Å². The van der Waals surface area contributed by atoms with E-state index in [-0.39, 0.29) is 11.5 Å². The average molecular weight is 256 g/mol. The van der Waals surface area contributed by atoms with Gasteiger partial charge in [0.2, 0.25) is 0 Å². The van der Waals surface area contributed by atoms with E-state index in [0.717, 1.165) is 11.3 Å². The highest BCUT2D eigenvalue weighted by Gasteiger charge is 2.39. The SMILES string of the molecule is CN1OCC(C)(C)C1C=O.Clc1ccccc1. The number of carbonyl (C=O) groups is 1. The topological polar surface area (TPSA) is 29.5 Å². The number of benzene rings is 1. The number of rotatable bonds is 1. The molecular weight excluding hydrogens is 238 g/mol. The fourth-order valence-corrected chi connectivity index (χ4v) is 1.76. The van der Waals surface area contributed by atoms with Crippen LogP contribution in [0.1, 0.15) is 13.8 Å². The van der Waals surface area contributed by atoms with E-state index in [1.165, 1.54) is 0 Å². The highest BCUT2D eigenvalue weighted by atomic mass is 35.5. The van der Waals surface area contributed by atoms with Gasteiger partial charge in [0.05, 0.1) is 12.6 Å². The Hall–Kier alpha value is -0.900. The predicted molar refractivity (Wildman–Crippen MR) is 68.8 cm³/mol. The maximum absolute atomic E-state index is 10.5. The van der Waals surface area contributed by atoms with Crippen molar-refractivity contribution in [2.24, 2.45) is 5.41 Å². The molecule has 94 valence electrons. The molecule has 2 rings (SSSR count). The molecule has 0 N–H and O–H groups in total. The van der Waals surface area contributed by atoms with Crippen LogP contribution in [0.4, 0.5) is 0 Å². The van der Waals surface area contributed by atoms with Gasteiger partial charge in [-0.15, -0.1) is 0 Å². The van der Waals surface area contributed by atoms with Crippen LogP contribution in [0, 0.1) is 5.41 Å². The zero-order valence-electron chi connectivity index (χ0n) is 10.4. The second kappa shape index (κ2) is 6.15. The van der Waals surface area contributed by atoms with E-state index in [4.69, 9.17) is 16.4 Å². The predicted octanol–water partition coefficient (Wildman–Crippen LogP) is 2.80. The monoisotopic (exact) mass is 255 g/mol. The summed E-state index contributed by atoms with van der Waals surface area (Å²) in [4.78, 5) is 15.7. The van der Waals surface area contributed by atoms with Crippen molar-refractivity contribution in [3.63, 3.8) is 0 Å². The van der Waals surface area contributed by atoms with Crippen LogP contribution in [0.25, 0.3) is 0 Å². The number of nitrogens with zero attached hydrogens (tertiary/aromatic N) is 1. The highest BCUT2D eigenvalue weighted by Crippen LogP contribution is 2.29. The molecule has 3 nitrogen and oxygen atoms in total. The summed E-state index contributed by atoms with van der Waals surface area (Å²) in [7, 11) is 1.79. The first-order valence-corrected chi connectivity index (χ1v) is 5.87. The van der Waals surface area contributed by atoms with Gasteiger partial charge in [0, 0.05) is 17.5 Å². The van der Waals surface area contributed by atoms with Gasteiger partial charge in [-0.2, -0.15) is 5.06 Å². The van der Waals surface area contributed by atoms with Gasteiger partial charge in [0.25, 0.3) is 0 Å². The summed E-state index contributed by atoms with van der Waals surface area (Å²) in [5.41, 5.74) is -0.0312. The molecule has 1 aromatic carbocycles. The van der Waals surface area contributed by atoms with Crippen molar-refractivity contribution in [2.75, 3.05) is 13.7 Å². The van der Waals surface area contributed by atoms with Gasteiger partial charge in [-0.25, -0.2) is 0 Å². The molecule has 0 radical (unpaired) electrons. The third-order valence-electron chi connectivity index (χ3n) is 2.69. The fraction of sp³-hybridized carbons (Fsp3) is 0.462. The minimum Gasteiger partial charge on any atom is -0.302 e. The molecule has 0 spiro atoms. The third-order valence-corrected chi connectivity index (χ3v) is 2.95. The summed E-state index contributed by atoms with van der Waals surface area (Å²) in [5, 5.41) is 2.41. The molecule has 0 aliphatic carbocycles. The molecule has 0 amide bonds. The van der Waals surface area contributed by atoms with Crippen LogP contribution in [-0.2, 0) is 9.63 Å². The van der Waals surface area contributed by atoms with E-state index in [9.17, 15) is 4.79 Å². The molecule has 1 heterocycles. The summed E-state index contributed by atoms with van der Waals surface area (Å²) in [6.45, 7) is 4.68. The van der Waals surface area contributed by atoms with Gasteiger partial charge in [-0.05, 0) is 12.1 Å². The van der Waals surface area contributed by atoms with Crippen molar-refractivity contribution in [1.82, 2.24) is 5.06 Å².